The van der Waals surface area contributed by atoms with Gasteiger partial charge in [-0.2, -0.15) is 0 Å². The predicted molar refractivity (Wildman–Crippen MR) is 89.7 cm³/mol. The number of carbonyl (C=O) groups is 3. The average molecular weight is 369 g/mol. The van der Waals surface area contributed by atoms with Gasteiger partial charge in [-0.3, -0.25) is 14.5 Å². The Labute approximate surface area is 146 Å². The van der Waals surface area contributed by atoms with Crippen LogP contribution in [0.5, 0.6) is 0 Å². The van der Waals surface area contributed by atoms with Crippen molar-refractivity contribution in [3.05, 3.63) is 40.6 Å². The number of benzene rings is 1. The minimum atomic E-state index is -1.35. The number of hydrogen-bond donors (Lipinski definition) is 2. The van der Waals surface area contributed by atoms with Gasteiger partial charge in [-0.25, -0.2) is 9.18 Å². The van der Waals surface area contributed by atoms with E-state index < -0.39 is 36.1 Å². The second-order valence-electron chi connectivity index (χ2n) is 4.89. The average Bonchev–Trinajstić information content (AvgIpc) is 2.74. The summed E-state index contributed by atoms with van der Waals surface area (Å²) in [7, 11) is 0. The maximum absolute atomic E-state index is 13.2. The zero-order valence-electron chi connectivity index (χ0n) is 12.1. The molecule has 0 saturated carbocycles. The Hall–Kier alpha value is -2.26. The summed E-state index contributed by atoms with van der Waals surface area (Å²) in [6.45, 7) is 0. The van der Waals surface area contributed by atoms with E-state index in [0.717, 1.165) is 16.7 Å². The number of nitrogens with zero attached hydrogens (tertiary/aromatic N) is 1. The van der Waals surface area contributed by atoms with Crippen LogP contribution in [0.2, 0.25) is 0 Å². The first-order chi connectivity index (χ1) is 11.3. The number of carbonyl (C=O) groups excluding carboxylic acids is 1. The van der Waals surface area contributed by atoms with Gasteiger partial charge in [0.25, 0.3) is 5.91 Å². The molecular weight excluding hydrogens is 357 g/mol. The lowest BCUT2D eigenvalue weighted by Crippen LogP contribution is -2.44. The van der Waals surface area contributed by atoms with Crippen LogP contribution in [0.3, 0.4) is 0 Å². The van der Waals surface area contributed by atoms with Crippen molar-refractivity contribution in [3.8, 4) is 0 Å². The van der Waals surface area contributed by atoms with Gasteiger partial charge in [0, 0.05) is 6.42 Å². The predicted octanol–water partition coefficient (Wildman–Crippen LogP) is 2.34. The second-order valence-corrected chi connectivity index (χ2v) is 6.57. The minimum absolute atomic E-state index is 0.0282. The summed E-state index contributed by atoms with van der Waals surface area (Å²) in [5.41, 5.74) is 0.438. The Morgan fingerprint density at radius 1 is 1.38 bits per heavy atom. The maximum Gasteiger partial charge on any atom is 0.326 e. The summed E-state index contributed by atoms with van der Waals surface area (Å²) in [6, 6.07) is 4.21. The number of rotatable bonds is 6. The fourth-order valence-electron chi connectivity index (χ4n) is 2.12. The van der Waals surface area contributed by atoms with Crippen molar-refractivity contribution in [2.45, 2.75) is 18.9 Å². The highest BCUT2D eigenvalue weighted by atomic mass is 32.2. The third kappa shape index (κ3) is 4.18. The van der Waals surface area contributed by atoms with Crippen LogP contribution >= 0.6 is 24.0 Å². The minimum Gasteiger partial charge on any atom is -0.481 e. The smallest absolute Gasteiger partial charge is 0.326 e. The molecule has 1 aliphatic rings. The van der Waals surface area contributed by atoms with Gasteiger partial charge >= 0.3 is 11.9 Å². The number of carboxylic acids is 2. The normalized spacial score (nSPS) is 17.4. The third-order valence-corrected chi connectivity index (χ3v) is 4.53. The number of carboxylic acid groups (broad SMARTS) is 2. The van der Waals surface area contributed by atoms with Crippen LogP contribution in [0.4, 0.5) is 4.39 Å². The highest BCUT2D eigenvalue weighted by Crippen LogP contribution is 2.35. The van der Waals surface area contributed by atoms with E-state index in [4.69, 9.17) is 17.3 Å². The van der Waals surface area contributed by atoms with E-state index in [2.05, 4.69) is 0 Å². The molecule has 1 fully saturated rings. The number of hydrogen-bond acceptors (Lipinski definition) is 5. The summed E-state index contributed by atoms with van der Waals surface area (Å²) in [5, 5.41) is 18.0. The van der Waals surface area contributed by atoms with Gasteiger partial charge in [-0.1, -0.05) is 36.1 Å². The number of amides is 1. The fourth-order valence-corrected chi connectivity index (χ4v) is 3.48. The van der Waals surface area contributed by atoms with E-state index in [1.807, 2.05) is 0 Å². The standard InChI is InChI=1S/C15H12FNO5S2/c16-9-3-1-2-8(6-9)7-11-13(20)17(15(23)24-11)10(14(21)22)4-5-12(18)19/h1-3,6-7,10H,4-5H2,(H,18,19)(H,21,22)/b11-7-/t10-/m0/s1. The molecule has 2 rings (SSSR count). The van der Waals surface area contributed by atoms with Crippen LogP contribution in [0, 0.1) is 5.82 Å². The van der Waals surface area contributed by atoms with Gasteiger partial charge in [-0.15, -0.1) is 0 Å². The number of thioether (sulfide) groups is 1. The zero-order chi connectivity index (χ0) is 17.9. The van der Waals surface area contributed by atoms with Crippen molar-refractivity contribution < 1.29 is 29.0 Å². The molecule has 0 unspecified atom stereocenters. The fraction of sp³-hybridized carbons (Fsp3) is 0.200. The Kier molecular flexibility index (Phi) is 5.68. The molecule has 0 aromatic heterocycles. The Balaban J connectivity index is 2.26. The summed E-state index contributed by atoms with van der Waals surface area (Å²) >= 11 is 5.95. The molecule has 24 heavy (non-hydrogen) atoms. The molecule has 0 radical (unpaired) electrons. The molecule has 0 aliphatic carbocycles. The molecule has 9 heteroatoms. The van der Waals surface area contributed by atoms with Gasteiger partial charge in [0.15, 0.2) is 0 Å². The zero-order valence-corrected chi connectivity index (χ0v) is 13.8. The topological polar surface area (TPSA) is 94.9 Å². The molecule has 126 valence electrons. The molecule has 1 amide bonds. The molecule has 1 aliphatic heterocycles. The maximum atomic E-state index is 13.2. The van der Waals surface area contributed by atoms with Gasteiger partial charge in [0.05, 0.1) is 4.91 Å². The van der Waals surface area contributed by atoms with Crippen LogP contribution in [-0.2, 0) is 14.4 Å². The molecule has 2 N–H and O–H groups in total. The molecule has 6 nitrogen and oxygen atoms in total. The SMILES string of the molecule is O=C(O)CC[C@@H](C(=O)O)N1C(=O)/C(=C/c2cccc(F)c2)SC1=S. The van der Waals surface area contributed by atoms with Gasteiger partial charge in [0.1, 0.15) is 16.2 Å². The molecule has 1 atom stereocenters. The van der Waals surface area contributed by atoms with E-state index in [1.54, 1.807) is 6.07 Å². The molecular formula is C15H12FNO5S2. The first-order valence-electron chi connectivity index (χ1n) is 6.77. The molecule has 0 spiro atoms. The summed E-state index contributed by atoms with van der Waals surface area (Å²) < 4.78 is 13.2. The van der Waals surface area contributed by atoms with E-state index in [0.29, 0.717) is 5.56 Å². The highest BCUT2D eigenvalue weighted by molar-refractivity contribution is 8.26. The second kappa shape index (κ2) is 7.54. The number of halogens is 1. The van der Waals surface area contributed by atoms with Crippen molar-refractivity contribution in [1.29, 1.82) is 0 Å². The molecule has 1 aromatic carbocycles. The van der Waals surface area contributed by atoms with Crippen LogP contribution in [-0.4, -0.2) is 43.3 Å². The van der Waals surface area contributed by atoms with E-state index in [1.165, 1.54) is 24.3 Å². The quantitative estimate of drug-likeness (QED) is 0.587. The number of aliphatic carboxylic acids is 2. The first kappa shape index (κ1) is 18.1. The van der Waals surface area contributed by atoms with E-state index in [9.17, 15) is 23.9 Å². The lowest BCUT2D eigenvalue weighted by molar-refractivity contribution is -0.146. The van der Waals surface area contributed by atoms with Gasteiger partial charge < -0.3 is 10.2 Å². The Morgan fingerprint density at radius 3 is 2.67 bits per heavy atom. The summed E-state index contributed by atoms with van der Waals surface area (Å²) in [4.78, 5) is 35.5. The van der Waals surface area contributed by atoms with E-state index in [-0.39, 0.29) is 15.6 Å². The first-order valence-corrected chi connectivity index (χ1v) is 7.99. The lowest BCUT2D eigenvalue weighted by Gasteiger charge is -2.22. The molecule has 0 bridgehead atoms. The number of thiocarbonyl (C=S) groups is 1. The molecule has 1 heterocycles. The largest absolute Gasteiger partial charge is 0.481 e. The molecule has 1 saturated heterocycles. The summed E-state index contributed by atoms with van der Waals surface area (Å²) in [5.74, 6) is -3.60. The van der Waals surface area contributed by atoms with Crippen molar-refractivity contribution in [2.24, 2.45) is 0 Å². The van der Waals surface area contributed by atoms with Crippen molar-refractivity contribution >= 4 is 52.2 Å². The van der Waals surface area contributed by atoms with Crippen LogP contribution in [0.15, 0.2) is 29.2 Å². The monoisotopic (exact) mass is 369 g/mol. The van der Waals surface area contributed by atoms with Crippen molar-refractivity contribution in [1.82, 2.24) is 4.90 Å². The third-order valence-electron chi connectivity index (χ3n) is 3.20. The van der Waals surface area contributed by atoms with Gasteiger partial charge in [-0.05, 0) is 30.2 Å². The molecule has 1 aromatic rings. The van der Waals surface area contributed by atoms with Crippen molar-refractivity contribution in [3.63, 3.8) is 0 Å². The lowest BCUT2D eigenvalue weighted by atomic mass is 10.1. The highest BCUT2D eigenvalue weighted by Gasteiger charge is 2.40. The van der Waals surface area contributed by atoms with Crippen LogP contribution < -0.4 is 0 Å². The summed E-state index contributed by atoms with van der Waals surface area (Å²) in [6.07, 6.45) is 0.750. The van der Waals surface area contributed by atoms with Crippen LogP contribution in [0.1, 0.15) is 18.4 Å². The Morgan fingerprint density at radius 2 is 2.08 bits per heavy atom. The van der Waals surface area contributed by atoms with Crippen LogP contribution in [0.25, 0.3) is 6.08 Å². The van der Waals surface area contributed by atoms with Crippen molar-refractivity contribution in [2.75, 3.05) is 0 Å². The van der Waals surface area contributed by atoms with Gasteiger partial charge in [0.2, 0.25) is 0 Å². The van der Waals surface area contributed by atoms with E-state index >= 15 is 0 Å². The Bertz CT molecular complexity index is 749.